The average molecular weight is 125 g/mol. The lowest BCUT2D eigenvalue weighted by molar-refractivity contribution is 0.561. The number of hydrogen-bond acceptors (Lipinski definition) is 1. The Morgan fingerprint density at radius 1 is 1.44 bits per heavy atom. The molecular formula is C6H11N3. The van der Waals surface area contributed by atoms with Crippen LogP contribution in [0.2, 0.25) is 0 Å². The molecule has 0 aromatic heterocycles. The van der Waals surface area contributed by atoms with Crippen LogP contribution >= 0.6 is 0 Å². The van der Waals surface area contributed by atoms with Crippen LogP contribution in [0.5, 0.6) is 0 Å². The first kappa shape index (κ1) is 6.43. The second-order valence-corrected chi connectivity index (χ2v) is 2.56. The molecule has 1 saturated carbocycles. The van der Waals surface area contributed by atoms with Crippen molar-refractivity contribution in [3.63, 3.8) is 0 Å². The van der Waals surface area contributed by atoms with Gasteiger partial charge in [-0.1, -0.05) is 30.8 Å². The van der Waals surface area contributed by atoms with Gasteiger partial charge >= 0.3 is 0 Å². The zero-order valence-electron chi connectivity index (χ0n) is 5.45. The fraction of sp³-hybridized carbons (Fsp3) is 1.00. The van der Waals surface area contributed by atoms with Gasteiger partial charge in [-0.15, -0.1) is 0 Å². The first-order chi connectivity index (χ1) is 4.43. The third-order valence-electron chi connectivity index (χ3n) is 1.88. The molecule has 50 valence electrons. The highest BCUT2D eigenvalue weighted by Crippen LogP contribution is 2.24. The molecule has 0 heterocycles. The molecule has 0 radical (unpaired) electrons. The van der Waals surface area contributed by atoms with Gasteiger partial charge in [-0.05, 0) is 11.4 Å². The lowest BCUT2D eigenvalue weighted by Crippen LogP contribution is -1.95. The van der Waals surface area contributed by atoms with Gasteiger partial charge in [0.15, 0.2) is 0 Å². The highest BCUT2D eigenvalue weighted by Gasteiger charge is 2.12. The first-order valence-electron chi connectivity index (χ1n) is 3.44. The van der Waals surface area contributed by atoms with E-state index in [1.807, 2.05) is 0 Å². The summed E-state index contributed by atoms with van der Waals surface area (Å²) in [5.41, 5.74) is 7.98. The van der Waals surface area contributed by atoms with Crippen LogP contribution in [-0.2, 0) is 0 Å². The molecule has 0 aromatic carbocycles. The summed E-state index contributed by atoms with van der Waals surface area (Å²) in [6.45, 7) is 0.719. The van der Waals surface area contributed by atoms with Crippen LogP contribution in [-0.4, -0.2) is 6.54 Å². The molecule has 0 bridgehead atoms. The number of rotatable bonds is 2. The highest BCUT2D eigenvalue weighted by molar-refractivity contribution is 4.69. The van der Waals surface area contributed by atoms with Crippen molar-refractivity contribution in [1.29, 1.82) is 0 Å². The summed E-state index contributed by atoms with van der Waals surface area (Å²) in [6.07, 6.45) is 5.18. The minimum absolute atomic E-state index is 0.695. The van der Waals surface area contributed by atoms with Gasteiger partial charge in [-0.25, -0.2) is 0 Å². The number of hydrogen-bond donors (Lipinski definition) is 0. The minimum Gasteiger partial charge on any atom is -0.0937 e. The van der Waals surface area contributed by atoms with E-state index in [-0.39, 0.29) is 0 Å². The monoisotopic (exact) mass is 125 g/mol. The van der Waals surface area contributed by atoms with Crippen LogP contribution in [0.25, 0.3) is 10.4 Å². The molecule has 0 aromatic rings. The zero-order valence-corrected chi connectivity index (χ0v) is 5.45. The van der Waals surface area contributed by atoms with Crippen LogP contribution in [0.15, 0.2) is 5.11 Å². The lowest BCUT2D eigenvalue weighted by Gasteiger charge is -1.99. The zero-order chi connectivity index (χ0) is 6.53. The van der Waals surface area contributed by atoms with Crippen LogP contribution < -0.4 is 0 Å². The highest BCUT2D eigenvalue weighted by atomic mass is 15.1. The molecular weight excluding hydrogens is 114 g/mol. The van der Waals surface area contributed by atoms with Crippen LogP contribution in [0.1, 0.15) is 25.7 Å². The second kappa shape index (κ2) is 3.36. The van der Waals surface area contributed by atoms with Crippen molar-refractivity contribution in [1.82, 2.24) is 0 Å². The summed E-state index contributed by atoms with van der Waals surface area (Å²) in [4.78, 5) is 2.72. The van der Waals surface area contributed by atoms with Crippen molar-refractivity contribution in [2.24, 2.45) is 11.0 Å². The predicted octanol–water partition coefficient (Wildman–Crippen LogP) is 2.49. The Morgan fingerprint density at radius 2 is 2.11 bits per heavy atom. The lowest BCUT2D eigenvalue weighted by atomic mass is 10.1. The topological polar surface area (TPSA) is 48.8 Å². The van der Waals surface area contributed by atoms with Crippen molar-refractivity contribution in [3.05, 3.63) is 10.4 Å². The smallest absolute Gasteiger partial charge is 0.0286 e. The Labute approximate surface area is 54.7 Å². The molecule has 1 aliphatic carbocycles. The molecule has 1 rings (SSSR count). The van der Waals surface area contributed by atoms with Crippen molar-refractivity contribution in [2.45, 2.75) is 25.7 Å². The maximum absolute atomic E-state index is 7.98. The molecule has 9 heavy (non-hydrogen) atoms. The predicted molar refractivity (Wildman–Crippen MR) is 36.0 cm³/mol. The summed E-state index contributed by atoms with van der Waals surface area (Å²) in [6, 6.07) is 0. The molecule has 1 fully saturated rings. The third kappa shape index (κ3) is 1.94. The van der Waals surface area contributed by atoms with Gasteiger partial charge in [0.1, 0.15) is 0 Å². The maximum Gasteiger partial charge on any atom is 0.0286 e. The fourth-order valence-electron chi connectivity index (χ4n) is 1.34. The summed E-state index contributed by atoms with van der Waals surface area (Å²) in [5, 5.41) is 3.53. The Balaban J connectivity index is 2.18. The van der Waals surface area contributed by atoms with E-state index in [4.69, 9.17) is 5.53 Å². The van der Waals surface area contributed by atoms with Crippen LogP contribution in [0.4, 0.5) is 0 Å². The Hall–Kier alpha value is -0.690. The summed E-state index contributed by atoms with van der Waals surface area (Å²) < 4.78 is 0. The van der Waals surface area contributed by atoms with E-state index in [2.05, 4.69) is 10.0 Å². The largest absolute Gasteiger partial charge is 0.0937 e. The van der Waals surface area contributed by atoms with Gasteiger partial charge < -0.3 is 0 Å². The summed E-state index contributed by atoms with van der Waals surface area (Å²) in [7, 11) is 0. The van der Waals surface area contributed by atoms with Gasteiger partial charge in [0.25, 0.3) is 0 Å². The standard InChI is InChI=1S/C6H11N3/c7-9-8-5-6-3-1-2-4-6/h6H,1-5H2. The van der Waals surface area contributed by atoms with Gasteiger partial charge in [-0.2, -0.15) is 0 Å². The summed E-state index contributed by atoms with van der Waals surface area (Å²) in [5.74, 6) is 0.695. The van der Waals surface area contributed by atoms with E-state index in [0.29, 0.717) is 5.92 Å². The van der Waals surface area contributed by atoms with Crippen molar-refractivity contribution < 1.29 is 0 Å². The molecule has 1 aliphatic rings. The molecule has 0 atom stereocenters. The van der Waals surface area contributed by atoms with E-state index < -0.39 is 0 Å². The average Bonchev–Trinajstić information content (AvgIpc) is 2.34. The Kier molecular flexibility index (Phi) is 2.40. The summed E-state index contributed by atoms with van der Waals surface area (Å²) >= 11 is 0. The number of nitrogens with zero attached hydrogens (tertiary/aromatic N) is 3. The second-order valence-electron chi connectivity index (χ2n) is 2.56. The molecule has 0 amide bonds. The Morgan fingerprint density at radius 3 is 2.67 bits per heavy atom. The van der Waals surface area contributed by atoms with Gasteiger partial charge in [0, 0.05) is 11.5 Å². The van der Waals surface area contributed by atoms with E-state index in [1.54, 1.807) is 0 Å². The third-order valence-corrected chi connectivity index (χ3v) is 1.88. The molecule has 0 unspecified atom stereocenters. The normalized spacial score (nSPS) is 19.6. The van der Waals surface area contributed by atoms with Gasteiger partial charge in [0.2, 0.25) is 0 Å². The first-order valence-corrected chi connectivity index (χ1v) is 3.44. The molecule has 0 spiro atoms. The van der Waals surface area contributed by atoms with E-state index in [0.717, 1.165) is 6.54 Å². The van der Waals surface area contributed by atoms with E-state index in [9.17, 15) is 0 Å². The minimum atomic E-state index is 0.695. The fourth-order valence-corrected chi connectivity index (χ4v) is 1.34. The van der Waals surface area contributed by atoms with Crippen LogP contribution in [0.3, 0.4) is 0 Å². The van der Waals surface area contributed by atoms with Crippen molar-refractivity contribution >= 4 is 0 Å². The molecule has 0 N–H and O–H groups in total. The van der Waals surface area contributed by atoms with Crippen LogP contribution in [0, 0.1) is 5.92 Å². The van der Waals surface area contributed by atoms with E-state index >= 15 is 0 Å². The molecule has 3 nitrogen and oxygen atoms in total. The van der Waals surface area contributed by atoms with E-state index in [1.165, 1.54) is 25.7 Å². The van der Waals surface area contributed by atoms with Gasteiger partial charge in [-0.3, -0.25) is 0 Å². The molecule has 3 heteroatoms. The molecule has 0 aliphatic heterocycles. The van der Waals surface area contributed by atoms with Crippen molar-refractivity contribution in [2.75, 3.05) is 6.54 Å². The van der Waals surface area contributed by atoms with Gasteiger partial charge in [0.05, 0.1) is 0 Å². The molecule has 0 saturated heterocycles. The number of azide groups is 1. The van der Waals surface area contributed by atoms with Crippen molar-refractivity contribution in [3.8, 4) is 0 Å². The maximum atomic E-state index is 7.98. The Bertz CT molecular complexity index is 120. The SMILES string of the molecule is [N-]=[N+]=NCC1CCCC1. The quantitative estimate of drug-likeness (QED) is 0.309.